The Morgan fingerprint density at radius 1 is 0.714 bits per heavy atom. The maximum Gasteiger partial charge on any atom is 0.300 e. The quantitative estimate of drug-likeness (QED) is 0.439. The van der Waals surface area contributed by atoms with E-state index in [9.17, 15) is 26.4 Å². The lowest BCUT2D eigenvalue weighted by Crippen LogP contribution is -2.51. The molecule has 4 unspecified atom stereocenters. The van der Waals surface area contributed by atoms with Crippen molar-refractivity contribution in [3.63, 3.8) is 0 Å². The molecule has 162 valence electrons. The fraction of sp³-hybridized carbons (Fsp3) is 0.889. The molecule has 0 spiro atoms. The van der Waals surface area contributed by atoms with E-state index in [4.69, 9.17) is 0 Å². The van der Waals surface area contributed by atoms with E-state index in [-0.39, 0.29) is 24.4 Å². The number of ketones is 2. The second-order valence-corrected chi connectivity index (χ2v) is 12.4. The molecule has 0 N–H and O–H groups in total. The molecular weight excluding hydrogens is 408 g/mol. The van der Waals surface area contributed by atoms with Crippen LogP contribution in [-0.4, -0.2) is 37.9 Å². The summed E-state index contributed by atoms with van der Waals surface area (Å²) in [6.45, 7) is 5.43. The molecule has 2 fully saturated rings. The van der Waals surface area contributed by atoms with Gasteiger partial charge in [-0.2, -0.15) is 16.8 Å². The van der Waals surface area contributed by atoms with Gasteiger partial charge in [-0.05, 0) is 53.4 Å². The zero-order valence-electron chi connectivity index (χ0n) is 16.9. The van der Waals surface area contributed by atoms with Crippen molar-refractivity contribution < 1.29 is 35.1 Å². The van der Waals surface area contributed by atoms with Crippen LogP contribution in [0.3, 0.4) is 0 Å². The molecule has 0 radical (unpaired) electrons. The van der Waals surface area contributed by atoms with Crippen LogP contribution in [0.2, 0.25) is 0 Å². The first-order valence-electron chi connectivity index (χ1n) is 9.66. The summed E-state index contributed by atoms with van der Waals surface area (Å²) >= 11 is 0. The van der Waals surface area contributed by atoms with Gasteiger partial charge in [0.05, 0.1) is 0 Å². The lowest BCUT2D eigenvalue weighted by atomic mass is 9.77. The van der Waals surface area contributed by atoms with Gasteiger partial charge in [0.1, 0.15) is 21.1 Å². The van der Waals surface area contributed by atoms with Crippen molar-refractivity contribution in [1.29, 1.82) is 0 Å². The normalized spacial score (nSPS) is 34.7. The second kappa shape index (κ2) is 8.12. The minimum Gasteiger partial charge on any atom is -0.300 e. The van der Waals surface area contributed by atoms with Crippen molar-refractivity contribution in [3.8, 4) is 0 Å². The standard InChI is InChI=1S/C18H30O8S2/c1-13(19)15-9-5-7-11-17(15,3)27(21,22)25-26-28(23,24)18(4)12-8-6-10-16(18)14(2)20/h15-16H,5-12H2,1-4H3. The summed E-state index contributed by atoms with van der Waals surface area (Å²) in [4.78, 5) is 23.9. The molecule has 2 aliphatic rings. The highest BCUT2D eigenvalue weighted by molar-refractivity contribution is 7.90. The summed E-state index contributed by atoms with van der Waals surface area (Å²) in [6, 6.07) is 0. The molecule has 0 amide bonds. The first-order chi connectivity index (χ1) is 12.8. The first kappa shape index (κ1) is 23.4. The summed E-state index contributed by atoms with van der Waals surface area (Å²) in [5, 5.41) is 0. The topological polar surface area (TPSA) is 121 Å². The first-order valence-corrected chi connectivity index (χ1v) is 12.5. The number of carbonyl (C=O) groups excluding carboxylic acids is 2. The van der Waals surface area contributed by atoms with Gasteiger partial charge in [-0.25, -0.2) is 0 Å². The largest absolute Gasteiger partial charge is 0.300 e. The minimum absolute atomic E-state index is 0.177. The maximum atomic E-state index is 12.8. The van der Waals surface area contributed by atoms with Gasteiger partial charge in [0.25, 0.3) is 0 Å². The Kier molecular flexibility index (Phi) is 6.80. The molecule has 2 aliphatic carbocycles. The number of hydrogen-bond donors (Lipinski definition) is 0. The molecule has 4 atom stereocenters. The molecule has 0 aromatic rings. The summed E-state index contributed by atoms with van der Waals surface area (Å²) < 4.78 is 57.4. The molecule has 0 bridgehead atoms. The molecular formula is C18H30O8S2. The molecule has 0 heterocycles. The van der Waals surface area contributed by atoms with Crippen molar-refractivity contribution in [2.75, 3.05) is 0 Å². The second-order valence-electron chi connectivity index (χ2n) is 8.49. The highest BCUT2D eigenvalue weighted by Crippen LogP contribution is 2.44. The van der Waals surface area contributed by atoms with Crippen LogP contribution in [0.4, 0.5) is 0 Å². The third-order valence-corrected chi connectivity index (χ3v) is 10.5. The molecule has 0 aromatic heterocycles. The van der Waals surface area contributed by atoms with Crippen molar-refractivity contribution >= 4 is 31.8 Å². The van der Waals surface area contributed by atoms with E-state index in [1.54, 1.807) is 0 Å². The zero-order chi connectivity index (χ0) is 21.4. The van der Waals surface area contributed by atoms with Gasteiger partial charge in [-0.3, -0.25) is 9.59 Å². The number of hydrogen-bond acceptors (Lipinski definition) is 8. The van der Waals surface area contributed by atoms with Gasteiger partial charge in [-0.1, -0.05) is 34.4 Å². The van der Waals surface area contributed by atoms with Crippen molar-refractivity contribution in [1.82, 2.24) is 0 Å². The van der Waals surface area contributed by atoms with Gasteiger partial charge >= 0.3 is 20.2 Å². The maximum absolute atomic E-state index is 12.8. The zero-order valence-corrected chi connectivity index (χ0v) is 18.5. The SMILES string of the molecule is CC(=O)C1CCCCC1(C)S(=O)(=O)OOS(=O)(=O)C1(C)CCCCC1C(C)=O. The van der Waals surface area contributed by atoms with E-state index in [2.05, 4.69) is 8.67 Å². The Labute approximate surface area is 167 Å². The smallest absolute Gasteiger partial charge is 0.300 e. The van der Waals surface area contributed by atoms with E-state index in [1.807, 2.05) is 0 Å². The Balaban J connectivity index is 2.27. The Bertz CT molecular complexity index is 762. The van der Waals surface area contributed by atoms with Crippen LogP contribution in [-0.2, 0) is 38.5 Å². The fourth-order valence-electron chi connectivity index (χ4n) is 4.70. The molecule has 0 aromatic carbocycles. The Morgan fingerprint density at radius 2 is 1.04 bits per heavy atom. The van der Waals surface area contributed by atoms with Crippen LogP contribution in [0.15, 0.2) is 0 Å². The minimum atomic E-state index is -4.52. The summed E-state index contributed by atoms with van der Waals surface area (Å²) in [5.74, 6) is -2.14. The Morgan fingerprint density at radius 3 is 1.32 bits per heavy atom. The summed E-state index contributed by atoms with van der Waals surface area (Å²) in [6.07, 6.45) is 3.74. The van der Waals surface area contributed by atoms with Gasteiger partial charge in [0, 0.05) is 11.8 Å². The average Bonchev–Trinajstić information content (AvgIpc) is 2.60. The van der Waals surface area contributed by atoms with E-state index in [0.29, 0.717) is 38.5 Å². The number of carbonyl (C=O) groups is 2. The third-order valence-electron chi connectivity index (χ3n) is 6.64. The number of rotatable bonds is 7. The van der Waals surface area contributed by atoms with E-state index in [0.717, 1.165) is 0 Å². The van der Waals surface area contributed by atoms with Gasteiger partial charge < -0.3 is 0 Å². The lowest BCUT2D eigenvalue weighted by molar-refractivity contribution is -0.125. The van der Waals surface area contributed by atoms with Crippen LogP contribution < -0.4 is 0 Å². The van der Waals surface area contributed by atoms with Crippen molar-refractivity contribution in [3.05, 3.63) is 0 Å². The fourth-order valence-corrected chi connectivity index (χ4v) is 7.65. The van der Waals surface area contributed by atoms with E-state index in [1.165, 1.54) is 27.7 Å². The molecule has 2 rings (SSSR count). The van der Waals surface area contributed by atoms with Crippen molar-refractivity contribution in [2.24, 2.45) is 11.8 Å². The molecule has 0 saturated heterocycles. The highest BCUT2D eigenvalue weighted by atomic mass is 32.2. The molecule has 2 saturated carbocycles. The molecule has 28 heavy (non-hydrogen) atoms. The van der Waals surface area contributed by atoms with Gasteiger partial charge in [0.2, 0.25) is 0 Å². The average molecular weight is 439 g/mol. The van der Waals surface area contributed by atoms with Crippen LogP contribution >= 0.6 is 0 Å². The van der Waals surface area contributed by atoms with Crippen LogP contribution in [0.5, 0.6) is 0 Å². The van der Waals surface area contributed by atoms with Crippen LogP contribution in [0, 0.1) is 11.8 Å². The highest BCUT2D eigenvalue weighted by Gasteiger charge is 2.54. The van der Waals surface area contributed by atoms with E-state index >= 15 is 0 Å². The number of Topliss-reactive ketones (excluding diaryl/α,β-unsaturated/α-hetero) is 2. The van der Waals surface area contributed by atoms with E-state index < -0.39 is 41.6 Å². The van der Waals surface area contributed by atoms with Gasteiger partial charge in [0.15, 0.2) is 0 Å². The van der Waals surface area contributed by atoms with Crippen molar-refractivity contribution in [2.45, 2.75) is 88.6 Å². The van der Waals surface area contributed by atoms with Gasteiger partial charge in [-0.15, -0.1) is 0 Å². The predicted molar refractivity (Wildman–Crippen MR) is 102 cm³/mol. The monoisotopic (exact) mass is 438 g/mol. The third kappa shape index (κ3) is 4.06. The summed E-state index contributed by atoms with van der Waals surface area (Å²) in [5.41, 5.74) is 0. The lowest BCUT2D eigenvalue weighted by Gasteiger charge is -2.39. The van der Waals surface area contributed by atoms with Crippen LogP contribution in [0.1, 0.15) is 79.1 Å². The summed E-state index contributed by atoms with van der Waals surface area (Å²) in [7, 11) is -9.04. The van der Waals surface area contributed by atoms with Crippen LogP contribution in [0.25, 0.3) is 0 Å². The Hall–Kier alpha value is -0.840. The predicted octanol–water partition coefficient (Wildman–Crippen LogP) is 2.67. The molecule has 0 aliphatic heterocycles. The molecule has 10 heteroatoms. The molecule has 8 nitrogen and oxygen atoms in total.